The Bertz CT molecular complexity index is 1330. The van der Waals surface area contributed by atoms with Crippen molar-refractivity contribution in [3.63, 3.8) is 0 Å². The predicted octanol–water partition coefficient (Wildman–Crippen LogP) is 5.23. The molecule has 0 aliphatic carbocycles. The van der Waals surface area contributed by atoms with Gasteiger partial charge in [-0.1, -0.05) is 48.5 Å². The highest BCUT2D eigenvalue weighted by Crippen LogP contribution is 2.29. The Morgan fingerprint density at radius 2 is 1.70 bits per heavy atom. The normalized spacial score (nSPS) is 13.4. The van der Waals surface area contributed by atoms with E-state index in [2.05, 4.69) is 5.32 Å². The zero-order valence-electron chi connectivity index (χ0n) is 18.4. The average molecular weight is 437 g/mol. The minimum Gasteiger partial charge on any atom is -0.322 e. The second-order valence-electron chi connectivity index (χ2n) is 8.14. The van der Waals surface area contributed by atoms with Crippen LogP contribution in [0.25, 0.3) is 16.9 Å². The number of aromatic nitrogens is 2. The number of amides is 2. The van der Waals surface area contributed by atoms with E-state index in [9.17, 15) is 9.59 Å². The van der Waals surface area contributed by atoms with E-state index in [1.165, 1.54) is 0 Å². The van der Waals surface area contributed by atoms with Gasteiger partial charge in [0.2, 0.25) is 5.91 Å². The number of carbonyl (C=O) groups is 2. The lowest BCUT2D eigenvalue weighted by molar-refractivity contribution is -0.117. The van der Waals surface area contributed by atoms with E-state index in [4.69, 9.17) is 5.10 Å². The number of anilines is 2. The highest BCUT2D eigenvalue weighted by Gasteiger charge is 2.23. The number of nitrogens with one attached hydrogen (secondary N) is 1. The van der Waals surface area contributed by atoms with Crippen LogP contribution in [0.4, 0.5) is 11.4 Å². The van der Waals surface area contributed by atoms with Gasteiger partial charge < -0.3 is 10.2 Å². The van der Waals surface area contributed by atoms with Crippen LogP contribution in [0.3, 0.4) is 0 Å². The van der Waals surface area contributed by atoms with Gasteiger partial charge in [0.15, 0.2) is 0 Å². The zero-order chi connectivity index (χ0) is 22.8. The summed E-state index contributed by atoms with van der Waals surface area (Å²) in [6, 6.07) is 25.0. The number of carbonyl (C=O) groups excluding carboxylic acids is 2. The fourth-order valence-corrected chi connectivity index (χ4v) is 4.16. The van der Waals surface area contributed by atoms with Crippen molar-refractivity contribution >= 4 is 23.2 Å². The van der Waals surface area contributed by atoms with Crippen molar-refractivity contribution in [3.8, 4) is 16.9 Å². The molecule has 0 spiro atoms. The SMILES string of the molecule is Cc1ccccc1-c1nn(-c2ccccc2)cc1C(=O)Nc1cccc(N2CCCC2=O)c1. The van der Waals surface area contributed by atoms with E-state index in [1.807, 2.05) is 85.8 Å². The highest BCUT2D eigenvalue weighted by molar-refractivity contribution is 6.08. The Morgan fingerprint density at radius 3 is 2.45 bits per heavy atom. The number of hydrogen-bond donors (Lipinski definition) is 1. The van der Waals surface area contributed by atoms with Gasteiger partial charge in [-0.05, 0) is 49.2 Å². The summed E-state index contributed by atoms with van der Waals surface area (Å²) in [6.07, 6.45) is 3.18. The van der Waals surface area contributed by atoms with Gasteiger partial charge in [-0.2, -0.15) is 5.10 Å². The number of hydrogen-bond acceptors (Lipinski definition) is 3. The van der Waals surface area contributed by atoms with Crippen LogP contribution in [0.15, 0.2) is 85.1 Å². The van der Waals surface area contributed by atoms with Crippen LogP contribution >= 0.6 is 0 Å². The molecule has 0 radical (unpaired) electrons. The van der Waals surface area contributed by atoms with Crippen LogP contribution in [0.2, 0.25) is 0 Å². The molecule has 4 aromatic rings. The van der Waals surface area contributed by atoms with Crippen LogP contribution in [0.5, 0.6) is 0 Å². The van der Waals surface area contributed by atoms with Crippen molar-refractivity contribution in [1.82, 2.24) is 9.78 Å². The molecule has 6 nitrogen and oxygen atoms in total. The lowest BCUT2D eigenvalue weighted by Crippen LogP contribution is -2.23. The van der Waals surface area contributed by atoms with Gasteiger partial charge in [0, 0.05) is 36.1 Å². The van der Waals surface area contributed by atoms with Gasteiger partial charge in [0.05, 0.1) is 11.3 Å². The lowest BCUT2D eigenvalue weighted by Gasteiger charge is -2.16. The molecule has 5 rings (SSSR count). The largest absolute Gasteiger partial charge is 0.322 e. The second-order valence-corrected chi connectivity index (χ2v) is 8.14. The maximum absolute atomic E-state index is 13.4. The molecule has 2 heterocycles. The molecule has 6 heteroatoms. The number of aryl methyl sites for hydroxylation is 1. The zero-order valence-corrected chi connectivity index (χ0v) is 18.4. The molecule has 1 aromatic heterocycles. The molecule has 1 aliphatic rings. The minimum absolute atomic E-state index is 0.115. The summed E-state index contributed by atoms with van der Waals surface area (Å²) in [4.78, 5) is 27.3. The number of para-hydroxylation sites is 1. The lowest BCUT2D eigenvalue weighted by atomic mass is 10.0. The van der Waals surface area contributed by atoms with Gasteiger partial charge in [-0.25, -0.2) is 4.68 Å². The first-order valence-corrected chi connectivity index (χ1v) is 11.0. The average Bonchev–Trinajstić information content (AvgIpc) is 3.47. The third-order valence-corrected chi connectivity index (χ3v) is 5.87. The molecule has 2 amide bonds. The second kappa shape index (κ2) is 8.74. The highest BCUT2D eigenvalue weighted by atomic mass is 16.2. The topological polar surface area (TPSA) is 67.2 Å². The van der Waals surface area contributed by atoms with E-state index in [-0.39, 0.29) is 11.8 Å². The Kier molecular flexibility index (Phi) is 5.48. The summed E-state index contributed by atoms with van der Waals surface area (Å²) in [5, 5.41) is 7.77. The Hall–Kier alpha value is -4.19. The molecular weight excluding hydrogens is 412 g/mol. The van der Waals surface area contributed by atoms with E-state index in [0.29, 0.717) is 29.9 Å². The van der Waals surface area contributed by atoms with Gasteiger partial charge in [0.1, 0.15) is 5.69 Å². The van der Waals surface area contributed by atoms with Crippen molar-refractivity contribution < 1.29 is 9.59 Å². The molecule has 1 N–H and O–H groups in total. The molecule has 0 atom stereocenters. The van der Waals surface area contributed by atoms with Crippen molar-refractivity contribution in [1.29, 1.82) is 0 Å². The van der Waals surface area contributed by atoms with E-state index >= 15 is 0 Å². The number of nitrogens with zero attached hydrogens (tertiary/aromatic N) is 3. The monoisotopic (exact) mass is 436 g/mol. The van der Waals surface area contributed by atoms with Crippen LogP contribution < -0.4 is 10.2 Å². The molecular formula is C27H24N4O2. The first kappa shape index (κ1) is 20.7. The Labute approximate surface area is 192 Å². The van der Waals surface area contributed by atoms with Gasteiger partial charge in [0.25, 0.3) is 5.91 Å². The molecule has 1 fully saturated rings. The van der Waals surface area contributed by atoms with Crippen LogP contribution in [-0.2, 0) is 4.79 Å². The van der Waals surface area contributed by atoms with Crippen LogP contribution in [0.1, 0.15) is 28.8 Å². The summed E-state index contributed by atoms with van der Waals surface area (Å²) >= 11 is 0. The van der Waals surface area contributed by atoms with Crippen LogP contribution in [0, 0.1) is 6.92 Å². The smallest absolute Gasteiger partial charge is 0.259 e. The maximum Gasteiger partial charge on any atom is 0.259 e. The van der Waals surface area contributed by atoms with Crippen molar-refractivity contribution in [2.75, 3.05) is 16.8 Å². The molecule has 0 unspecified atom stereocenters. The predicted molar refractivity (Wildman–Crippen MR) is 130 cm³/mol. The number of benzene rings is 3. The molecule has 1 aliphatic heterocycles. The summed E-state index contributed by atoms with van der Waals surface area (Å²) in [5.74, 6) is -0.134. The molecule has 0 saturated carbocycles. The fraction of sp³-hybridized carbons (Fsp3) is 0.148. The van der Waals surface area contributed by atoms with Gasteiger partial charge >= 0.3 is 0 Å². The standard InChI is InChI=1S/C27H24N4O2/c1-19-9-5-6-14-23(19)26-24(18-31(29-26)21-11-3-2-4-12-21)27(33)28-20-10-7-13-22(17-20)30-16-8-15-25(30)32/h2-7,9-14,17-18H,8,15-16H2,1H3,(H,28,33). The van der Waals surface area contributed by atoms with Crippen molar-refractivity contribution in [3.05, 3.63) is 96.2 Å². The van der Waals surface area contributed by atoms with Crippen molar-refractivity contribution in [2.45, 2.75) is 19.8 Å². The maximum atomic E-state index is 13.4. The molecule has 33 heavy (non-hydrogen) atoms. The molecule has 3 aromatic carbocycles. The van der Waals surface area contributed by atoms with Gasteiger partial charge in [-0.3, -0.25) is 9.59 Å². The van der Waals surface area contributed by atoms with Crippen LogP contribution in [-0.4, -0.2) is 28.1 Å². The molecule has 164 valence electrons. The quantitative estimate of drug-likeness (QED) is 0.466. The Morgan fingerprint density at radius 1 is 0.939 bits per heavy atom. The van der Waals surface area contributed by atoms with Crippen molar-refractivity contribution in [2.24, 2.45) is 0 Å². The van der Waals surface area contributed by atoms with E-state index < -0.39 is 0 Å². The fourth-order valence-electron chi connectivity index (χ4n) is 4.16. The van der Waals surface area contributed by atoms with E-state index in [1.54, 1.807) is 15.8 Å². The van der Waals surface area contributed by atoms with E-state index in [0.717, 1.165) is 28.9 Å². The summed E-state index contributed by atoms with van der Waals surface area (Å²) in [5.41, 5.74) is 5.38. The minimum atomic E-state index is -0.250. The molecule has 0 bridgehead atoms. The summed E-state index contributed by atoms with van der Waals surface area (Å²) < 4.78 is 1.73. The first-order valence-electron chi connectivity index (χ1n) is 11.0. The summed E-state index contributed by atoms with van der Waals surface area (Å²) in [6.45, 7) is 2.71. The summed E-state index contributed by atoms with van der Waals surface area (Å²) in [7, 11) is 0. The third-order valence-electron chi connectivity index (χ3n) is 5.87. The Balaban J connectivity index is 1.51. The first-order chi connectivity index (χ1) is 16.1. The third kappa shape index (κ3) is 4.15. The molecule has 1 saturated heterocycles. The number of rotatable bonds is 5. The van der Waals surface area contributed by atoms with Gasteiger partial charge in [-0.15, -0.1) is 0 Å².